The maximum absolute atomic E-state index is 11.3. The number of carbonyl (C=O) groups is 2. The van der Waals surface area contributed by atoms with Gasteiger partial charge in [-0.15, -0.1) is 0 Å². The third kappa shape index (κ3) is 6.68. The van der Waals surface area contributed by atoms with Crippen LogP contribution in [0.25, 0.3) is 4.85 Å². The molecule has 6 nitrogen and oxygen atoms in total. The number of hydrogen-bond donors (Lipinski definition) is 3. The van der Waals surface area contributed by atoms with Crippen molar-refractivity contribution in [2.45, 2.75) is 26.6 Å². The second-order valence-corrected chi connectivity index (χ2v) is 3.25. The summed E-state index contributed by atoms with van der Waals surface area (Å²) in [6.45, 7) is 11.0. The molecule has 0 bridgehead atoms. The summed E-state index contributed by atoms with van der Waals surface area (Å²) in [4.78, 5) is 24.9. The number of amides is 3. The highest BCUT2D eigenvalue weighted by Crippen LogP contribution is 1.96. The van der Waals surface area contributed by atoms with Crippen LogP contribution in [0.5, 0.6) is 0 Å². The fourth-order valence-electron chi connectivity index (χ4n) is 1.12. The highest BCUT2D eigenvalue weighted by molar-refractivity contribution is 5.86. The van der Waals surface area contributed by atoms with E-state index in [1.54, 1.807) is 0 Å². The van der Waals surface area contributed by atoms with Crippen molar-refractivity contribution in [3.8, 4) is 0 Å². The lowest BCUT2D eigenvalue weighted by atomic mass is 10.2. The van der Waals surface area contributed by atoms with Gasteiger partial charge in [-0.05, 0) is 5.56 Å². The minimum Gasteiger partial charge on any atom is -0.361 e. The molecule has 4 N–H and O–H groups in total. The molecule has 3 amide bonds. The zero-order valence-corrected chi connectivity index (χ0v) is 11.0. The average molecular weight is 262 g/mol. The second-order valence-electron chi connectivity index (χ2n) is 3.25. The Labute approximate surface area is 112 Å². The third-order valence-electron chi connectivity index (χ3n) is 1.96. The molecule has 1 aromatic carbocycles. The summed E-state index contributed by atoms with van der Waals surface area (Å²) in [6, 6.07) is 8.65. The van der Waals surface area contributed by atoms with Crippen molar-refractivity contribution in [2.75, 3.05) is 0 Å². The molecular formula is C13H18N4O2. The van der Waals surface area contributed by atoms with E-state index in [1.807, 2.05) is 44.2 Å². The van der Waals surface area contributed by atoms with Crippen LogP contribution in [0.15, 0.2) is 30.3 Å². The summed E-state index contributed by atoms with van der Waals surface area (Å²) < 4.78 is 0. The molecule has 1 unspecified atom stereocenters. The van der Waals surface area contributed by atoms with Gasteiger partial charge in [0, 0.05) is 6.54 Å². The minimum absolute atomic E-state index is 0.316. The van der Waals surface area contributed by atoms with Crippen LogP contribution in [0.1, 0.15) is 19.4 Å². The van der Waals surface area contributed by atoms with Crippen LogP contribution in [0.4, 0.5) is 4.79 Å². The highest BCUT2D eigenvalue weighted by atomic mass is 16.2. The van der Waals surface area contributed by atoms with E-state index in [4.69, 9.17) is 12.3 Å². The van der Waals surface area contributed by atoms with Gasteiger partial charge in [-0.3, -0.25) is 15.0 Å². The number of nitrogens with two attached hydrogens (primary N) is 1. The molecule has 0 aliphatic heterocycles. The van der Waals surface area contributed by atoms with Gasteiger partial charge in [-0.2, -0.15) is 0 Å². The Hall–Kier alpha value is -2.55. The summed E-state index contributed by atoms with van der Waals surface area (Å²) in [5.74, 6) is -0.880. The van der Waals surface area contributed by atoms with E-state index in [0.29, 0.717) is 6.54 Å². The van der Waals surface area contributed by atoms with E-state index in [-0.39, 0.29) is 0 Å². The van der Waals surface area contributed by atoms with Crippen LogP contribution in [-0.2, 0) is 11.3 Å². The van der Waals surface area contributed by atoms with Crippen LogP contribution in [0.2, 0.25) is 0 Å². The van der Waals surface area contributed by atoms with Crippen molar-refractivity contribution >= 4 is 11.9 Å². The Bertz CT molecular complexity index is 440. The summed E-state index contributed by atoms with van der Waals surface area (Å²) >= 11 is 0. The van der Waals surface area contributed by atoms with Gasteiger partial charge in [0.2, 0.25) is 0 Å². The van der Waals surface area contributed by atoms with Gasteiger partial charge in [0.1, 0.15) is 0 Å². The van der Waals surface area contributed by atoms with Crippen LogP contribution >= 0.6 is 0 Å². The fourth-order valence-corrected chi connectivity index (χ4v) is 1.12. The lowest BCUT2D eigenvalue weighted by Gasteiger charge is -2.07. The number of benzene rings is 1. The smallest absolute Gasteiger partial charge is 0.361 e. The summed E-state index contributed by atoms with van der Waals surface area (Å²) in [7, 11) is 0. The first-order chi connectivity index (χ1) is 9.13. The molecule has 0 radical (unpaired) electrons. The van der Waals surface area contributed by atoms with E-state index >= 15 is 0 Å². The molecule has 6 heteroatoms. The van der Waals surface area contributed by atoms with Gasteiger partial charge >= 0.3 is 18.1 Å². The normalized spacial score (nSPS) is 10.2. The molecule has 0 aliphatic carbocycles. The Morgan fingerprint density at radius 3 is 2.37 bits per heavy atom. The van der Waals surface area contributed by atoms with Gasteiger partial charge in [0.15, 0.2) is 0 Å². The molecule has 1 atom stereocenters. The van der Waals surface area contributed by atoms with Gasteiger partial charge in [0.05, 0.1) is 0 Å². The maximum Gasteiger partial charge on any atom is 0.377 e. The van der Waals surface area contributed by atoms with Crippen molar-refractivity contribution in [3.05, 3.63) is 47.3 Å². The monoisotopic (exact) mass is 262 g/mol. The number of primary amides is 1. The van der Waals surface area contributed by atoms with Crippen LogP contribution in [0.3, 0.4) is 0 Å². The van der Waals surface area contributed by atoms with E-state index in [0.717, 1.165) is 5.56 Å². The molecule has 0 saturated heterocycles. The topological polar surface area (TPSA) is 88.6 Å². The highest BCUT2D eigenvalue weighted by Gasteiger charge is 2.21. The second kappa shape index (κ2) is 9.48. The maximum atomic E-state index is 11.3. The largest absolute Gasteiger partial charge is 0.377 e. The standard InChI is InChI=1S/C11H12N4O2.C2H6/c1-13-10(9(12)16)15-11(17)14-7-8-5-3-2-4-6-8;1-2/h2-6,10H,7H2,(H2,12,16)(H2,14,15,17);1-2H3. The van der Waals surface area contributed by atoms with Crippen LogP contribution < -0.4 is 16.4 Å². The summed E-state index contributed by atoms with van der Waals surface area (Å²) in [5, 5.41) is 4.68. The number of carbonyl (C=O) groups excluding carboxylic acids is 2. The molecule has 102 valence electrons. The molecular weight excluding hydrogens is 244 g/mol. The van der Waals surface area contributed by atoms with E-state index in [1.165, 1.54) is 0 Å². The first-order valence-electron chi connectivity index (χ1n) is 5.87. The molecule has 0 aromatic heterocycles. The summed E-state index contributed by atoms with van der Waals surface area (Å²) in [5.41, 5.74) is 5.83. The molecule has 1 aromatic rings. The number of nitrogens with one attached hydrogen (secondary N) is 2. The van der Waals surface area contributed by atoms with Gasteiger partial charge in [0.25, 0.3) is 0 Å². The third-order valence-corrected chi connectivity index (χ3v) is 1.96. The lowest BCUT2D eigenvalue weighted by molar-refractivity contribution is -0.118. The molecule has 19 heavy (non-hydrogen) atoms. The first-order valence-corrected chi connectivity index (χ1v) is 5.87. The van der Waals surface area contributed by atoms with Gasteiger partial charge in [-0.25, -0.2) is 11.4 Å². The predicted octanol–water partition coefficient (Wildman–Crippen LogP) is 1.24. The number of rotatable bonds is 4. The molecule has 0 fully saturated rings. The zero-order chi connectivity index (χ0) is 14.7. The zero-order valence-electron chi connectivity index (χ0n) is 11.0. The van der Waals surface area contributed by atoms with Crippen LogP contribution in [0, 0.1) is 6.57 Å². The molecule has 0 saturated carbocycles. The minimum atomic E-state index is -1.33. The quantitative estimate of drug-likeness (QED) is 0.713. The van der Waals surface area contributed by atoms with Crippen molar-refractivity contribution in [1.29, 1.82) is 0 Å². The lowest BCUT2D eigenvalue weighted by Crippen LogP contribution is -2.46. The summed E-state index contributed by atoms with van der Waals surface area (Å²) in [6.07, 6.45) is -1.33. The number of hydrogen-bond acceptors (Lipinski definition) is 2. The van der Waals surface area contributed by atoms with Crippen LogP contribution in [-0.4, -0.2) is 18.1 Å². The Kier molecular flexibility index (Phi) is 8.21. The van der Waals surface area contributed by atoms with Crippen molar-refractivity contribution in [2.24, 2.45) is 5.73 Å². The van der Waals surface area contributed by atoms with Crippen molar-refractivity contribution in [1.82, 2.24) is 10.6 Å². The number of nitrogens with zero attached hydrogens (tertiary/aromatic N) is 1. The predicted molar refractivity (Wildman–Crippen MR) is 72.7 cm³/mol. The SMILES string of the molecule is CC.[C-]#[N+]C(NC(=O)NCc1ccccc1)C(N)=O. The van der Waals surface area contributed by atoms with E-state index in [9.17, 15) is 9.59 Å². The molecule has 0 heterocycles. The number of urea groups is 1. The fraction of sp³-hybridized carbons (Fsp3) is 0.308. The van der Waals surface area contributed by atoms with E-state index < -0.39 is 18.1 Å². The Morgan fingerprint density at radius 2 is 1.89 bits per heavy atom. The Morgan fingerprint density at radius 1 is 1.32 bits per heavy atom. The first kappa shape index (κ1) is 16.4. The van der Waals surface area contributed by atoms with E-state index in [2.05, 4.69) is 15.5 Å². The van der Waals surface area contributed by atoms with Gasteiger partial charge in [-0.1, -0.05) is 44.2 Å². The van der Waals surface area contributed by atoms with Gasteiger partial charge < -0.3 is 11.1 Å². The average Bonchev–Trinajstić information content (AvgIpc) is 2.45. The Balaban J connectivity index is 0.00000154. The van der Waals surface area contributed by atoms with Crippen molar-refractivity contribution in [3.63, 3.8) is 0 Å². The molecule has 1 rings (SSSR count). The molecule has 0 spiro atoms. The van der Waals surface area contributed by atoms with Crippen molar-refractivity contribution < 1.29 is 9.59 Å². The molecule has 0 aliphatic rings.